The van der Waals surface area contributed by atoms with E-state index in [-0.39, 0.29) is 25.8 Å². The summed E-state index contributed by atoms with van der Waals surface area (Å²) < 4.78 is 27.6. The molecule has 0 aliphatic carbocycles. The zero-order chi connectivity index (χ0) is 47.3. The van der Waals surface area contributed by atoms with Crippen LogP contribution in [0.1, 0.15) is 61.6 Å². The fourth-order valence-electron chi connectivity index (χ4n) is 7.27. The molecule has 2 aliphatic rings. The lowest BCUT2D eigenvalue weighted by Crippen LogP contribution is -2.49. The van der Waals surface area contributed by atoms with E-state index in [1.165, 1.54) is 0 Å². The molecule has 0 saturated heterocycles. The third-order valence-corrected chi connectivity index (χ3v) is 10.7. The minimum atomic E-state index is -0.884. The molecule has 0 fully saturated rings. The average molecular weight is 921 g/mol. The molecule has 3 amide bonds. The van der Waals surface area contributed by atoms with Gasteiger partial charge in [0.1, 0.15) is 34.6 Å². The summed E-state index contributed by atoms with van der Waals surface area (Å²) in [7, 11) is -1.74. The van der Waals surface area contributed by atoms with E-state index < -0.39 is 38.0 Å². The normalized spacial score (nSPS) is 13.3. The van der Waals surface area contributed by atoms with Crippen molar-refractivity contribution in [3.05, 3.63) is 179 Å². The molecule has 8 rings (SSSR count). The van der Waals surface area contributed by atoms with Gasteiger partial charge in [-0.15, -0.1) is 0 Å². The summed E-state index contributed by atoms with van der Waals surface area (Å²) in [4.78, 5) is 37.6. The first kappa shape index (κ1) is 50.5. The second-order valence-corrected chi connectivity index (χ2v) is 17.2. The van der Waals surface area contributed by atoms with Crippen molar-refractivity contribution < 1.29 is 48.0 Å². The fourth-order valence-corrected chi connectivity index (χ4v) is 7.27. The summed E-state index contributed by atoms with van der Waals surface area (Å²) in [6, 6.07) is 43.6. The highest BCUT2D eigenvalue weighted by Gasteiger charge is 2.29. The lowest BCUT2D eigenvalue weighted by Gasteiger charge is -2.23. The lowest BCUT2D eigenvalue weighted by atomic mass is 9.80. The second kappa shape index (κ2) is 23.7. The van der Waals surface area contributed by atoms with Gasteiger partial charge >= 0.3 is 20.3 Å². The molecule has 7 N–H and O–H groups in total. The van der Waals surface area contributed by atoms with Gasteiger partial charge in [-0.3, -0.25) is 9.59 Å². The lowest BCUT2D eigenvalue weighted by molar-refractivity contribution is -0.123. The maximum atomic E-state index is 13.0. The minimum absolute atomic E-state index is 0. The van der Waals surface area contributed by atoms with Gasteiger partial charge in [0.05, 0.1) is 19.3 Å². The molecule has 16 heteroatoms. The van der Waals surface area contributed by atoms with E-state index in [1.54, 1.807) is 39.0 Å². The van der Waals surface area contributed by atoms with E-state index in [4.69, 9.17) is 29.3 Å². The fraction of sp³-hybridized carbons (Fsp3) is 0.250. The van der Waals surface area contributed by atoms with Crippen LogP contribution in [0, 0.1) is 0 Å². The van der Waals surface area contributed by atoms with E-state index in [2.05, 4.69) is 16.0 Å². The van der Waals surface area contributed by atoms with Crippen molar-refractivity contribution >= 4 is 43.1 Å². The van der Waals surface area contributed by atoms with Gasteiger partial charge in [0.2, 0.25) is 11.8 Å². The van der Waals surface area contributed by atoms with Crippen molar-refractivity contribution in [1.29, 1.82) is 0 Å². The Kier molecular flexibility index (Phi) is 17.6. The van der Waals surface area contributed by atoms with E-state index in [0.717, 1.165) is 44.3 Å². The number of fused-ring (bicyclic) bond motifs is 2. The molecule has 2 heterocycles. The molecule has 2 aliphatic heterocycles. The summed E-state index contributed by atoms with van der Waals surface area (Å²) in [6.45, 7) is 6.73. The Labute approximate surface area is 398 Å². The first-order valence-electron chi connectivity index (χ1n) is 22.0. The van der Waals surface area contributed by atoms with Crippen molar-refractivity contribution in [3.8, 4) is 23.0 Å². The van der Waals surface area contributed by atoms with Crippen molar-refractivity contribution in [3.63, 3.8) is 0 Å². The highest BCUT2D eigenvalue weighted by molar-refractivity contribution is 6.62. The van der Waals surface area contributed by atoms with Crippen LogP contribution in [0.5, 0.6) is 23.0 Å². The number of alkyl carbamates (subject to hydrolysis) is 1. The molecule has 0 spiro atoms. The number of hydrogen-bond donors (Lipinski definition) is 6. The van der Waals surface area contributed by atoms with Crippen LogP contribution in [-0.2, 0) is 62.8 Å². The number of carbonyl (C=O) groups is 3. The summed E-state index contributed by atoms with van der Waals surface area (Å²) in [5, 5.41) is 27.9. The van der Waals surface area contributed by atoms with Crippen molar-refractivity contribution in [2.45, 2.75) is 85.0 Å². The molecule has 0 radical (unpaired) electrons. The van der Waals surface area contributed by atoms with Crippen molar-refractivity contribution in [2.24, 2.45) is 5.73 Å². The topological polar surface area (TPSA) is 200 Å². The molecule has 6 aromatic carbocycles. The third-order valence-electron chi connectivity index (χ3n) is 10.7. The summed E-state index contributed by atoms with van der Waals surface area (Å²) in [5.74, 6) is 2.17. The first-order valence-corrected chi connectivity index (χ1v) is 22.0. The third kappa shape index (κ3) is 14.8. The van der Waals surface area contributed by atoms with Gasteiger partial charge in [-0.2, -0.15) is 0 Å². The van der Waals surface area contributed by atoms with Crippen LogP contribution < -0.4 is 42.1 Å². The molecule has 2 unspecified atom stereocenters. The Morgan fingerprint density at radius 3 is 1.49 bits per heavy atom. The van der Waals surface area contributed by atoms with Gasteiger partial charge in [0, 0.05) is 19.5 Å². The van der Waals surface area contributed by atoms with Crippen LogP contribution in [0.25, 0.3) is 0 Å². The molecule has 352 valence electrons. The van der Waals surface area contributed by atoms with Gasteiger partial charge in [0.25, 0.3) is 0 Å². The van der Waals surface area contributed by atoms with E-state index in [9.17, 15) is 24.4 Å². The molecule has 0 aromatic heterocycles. The van der Waals surface area contributed by atoms with Gasteiger partial charge in [-0.25, -0.2) is 4.79 Å². The summed E-state index contributed by atoms with van der Waals surface area (Å²) >= 11 is 0. The number of ether oxygens (including phenoxy) is 3. The Hall–Kier alpha value is -6.94. The number of hydrogen-bond acceptors (Lipinski definition) is 11. The van der Waals surface area contributed by atoms with Gasteiger partial charge < -0.3 is 55.3 Å². The van der Waals surface area contributed by atoms with Crippen LogP contribution >= 0.6 is 0 Å². The predicted octanol–water partition coefficient (Wildman–Crippen LogP) is 5.97. The van der Waals surface area contributed by atoms with Crippen LogP contribution in [0.4, 0.5) is 4.79 Å². The molecule has 0 bridgehead atoms. The van der Waals surface area contributed by atoms with E-state index in [1.807, 2.05) is 127 Å². The SMILES string of the molecule is C.CC(C)(C)OC(=O)NC(Cc1ccccc1)C(=O)NCc1ccc(Oc2ccc3c(c2)COB3O)cc1.NC(Cc1ccccc1)C(=O)NCc1ccc(Oc2ccc3c(c2)COB3O)cc1. The summed E-state index contributed by atoms with van der Waals surface area (Å²) in [5.41, 5.74) is 12.5. The zero-order valence-electron chi connectivity index (χ0n) is 37.6. The van der Waals surface area contributed by atoms with Gasteiger partial charge in [-0.05, 0) is 120 Å². The Morgan fingerprint density at radius 1 is 0.603 bits per heavy atom. The highest BCUT2D eigenvalue weighted by Crippen LogP contribution is 2.26. The first-order chi connectivity index (χ1) is 32.2. The predicted molar refractivity (Wildman–Crippen MR) is 263 cm³/mol. The molecule has 2 atom stereocenters. The molecule has 68 heavy (non-hydrogen) atoms. The van der Waals surface area contributed by atoms with Crippen LogP contribution in [0.3, 0.4) is 0 Å². The van der Waals surface area contributed by atoms with Gasteiger partial charge in [-0.1, -0.05) is 104 Å². The van der Waals surface area contributed by atoms with Crippen LogP contribution in [-0.4, -0.2) is 59.9 Å². The number of rotatable bonds is 15. The van der Waals surface area contributed by atoms with E-state index >= 15 is 0 Å². The van der Waals surface area contributed by atoms with Crippen LogP contribution in [0.2, 0.25) is 0 Å². The number of nitrogens with one attached hydrogen (secondary N) is 3. The van der Waals surface area contributed by atoms with E-state index in [0.29, 0.717) is 55.6 Å². The second-order valence-electron chi connectivity index (χ2n) is 17.2. The number of amides is 3. The largest absolute Gasteiger partial charge is 0.491 e. The Balaban J connectivity index is 0.000000225. The summed E-state index contributed by atoms with van der Waals surface area (Å²) in [6.07, 6.45) is 0.196. The monoisotopic (exact) mass is 920 g/mol. The van der Waals surface area contributed by atoms with Crippen molar-refractivity contribution in [1.82, 2.24) is 16.0 Å². The molecular weight excluding hydrogens is 862 g/mol. The maximum Gasteiger partial charge on any atom is 0.491 e. The molecule has 6 aromatic rings. The number of benzene rings is 6. The molecular formula is C52H58B2N4O10. The standard InChI is InChI=1S/C28H31BN2O6.C23H23BN2O4.CH4/c1-28(2,3)37-27(33)31-25(15-19-7-5-4-6-8-19)26(32)30-17-20-9-11-22(12-10-20)36-23-13-14-24-21(16-23)18-35-29(24)34;25-22(12-16-4-2-1-3-5-16)23(27)26-14-17-6-8-19(9-7-17)30-20-10-11-21-18(13-20)15-29-24(21)28;/h4-14,16,25,34H,15,17-18H2,1-3H3,(H,30,32)(H,31,33);1-11,13,22,28H,12,14-15,25H2,(H,26,27);1H4. The van der Waals surface area contributed by atoms with Crippen LogP contribution in [0.15, 0.2) is 146 Å². The number of nitrogens with two attached hydrogens (primary N) is 1. The Bertz CT molecular complexity index is 2600. The highest BCUT2D eigenvalue weighted by atomic mass is 16.6. The minimum Gasteiger partial charge on any atom is -0.457 e. The maximum absolute atomic E-state index is 13.0. The molecule has 14 nitrogen and oxygen atoms in total. The number of carbonyl (C=O) groups excluding carboxylic acids is 3. The quantitative estimate of drug-likeness (QED) is 0.0664. The average Bonchev–Trinajstić information content (AvgIpc) is 3.88. The van der Waals surface area contributed by atoms with Gasteiger partial charge in [0.15, 0.2) is 0 Å². The zero-order valence-corrected chi connectivity index (χ0v) is 37.6. The molecule has 0 saturated carbocycles. The smallest absolute Gasteiger partial charge is 0.457 e. The Morgan fingerprint density at radius 2 is 1.03 bits per heavy atom. The van der Waals surface area contributed by atoms with Crippen molar-refractivity contribution in [2.75, 3.05) is 0 Å².